The summed E-state index contributed by atoms with van der Waals surface area (Å²) in [5.74, 6) is 0. The molecule has 0 aliphatic heterocycles. The van der Waals surface area contributed by atoms with Crippen LogP contribution in [0.15, 0.2) is 0 Å². The first kappa shape index (κ1) is 9.05. The summed E-state index contributed by atoms with van der Waals surface area (Å²) in [6.07, 6.45) is 6.81. The Kier molecular flexibility index (Phi) is 2.94. The van der Waals surface area contributed by atoms with E-state index in [0.717, 1.165) is 25.7 Å². The summed E-state index contributed by atoms with van der Waals surface area (Å²) < 4.78 is 0. The van der Waals surface area contributed by atoms with Gasteiger partial charge in [-0.2, -0.15) is 0 Å². The van der Waals surface area contributed by atoms with Crippen molar-refractivity contribution in [2.45, 2.75) is 45.4 Å². The molecule has 0 amide bonds. The standard InChI is InChI=1S/C9H15ClO/c1-9(8(10)11)6-4-2-3-5-7-9/h2-7H2,1H3. The Balaban J connectivity index is 2.59. The fourth-order valence-electron chi connectivity index (χ4n) is 1.71. The average Bonchev–Trinajstić information content (AvgIpc) is 2.15. The molecule has 0 bridgehead atoms. The van der Waals surface area contributed by atoms with E-state index in [1.807, 2.05) is 6.92 Å². The molecule has 0 radical (unpaired) electrons. The molecule has 1 fully saturated rings. The first-order valence-electron chi connectivity index (χ1n) is 4.35. The lowest BCUT2D eigenvalue weighted by atomic mass is 9.84. The molecule has 0 heterocycles. The van der Waals surface area contributed by atoms with Crippen molar-refractivity contribution in [2.75, 3.05) is 0 Å². The van der Waals surface area contributed by atoms with Crippen LogP contribution in [0.1, 0.15) is 45.4 Å². The van der Waals surface area contributed by atoms with Crippen LogP contribution in [0.25, 0.3) is 0 Å². The van der Waals surface area contributed by atoms with Crippen molar-refractivity contribution in [1.29, 1.82) is 0 Å². The molecule has 1 aliphatic carbocycles. The summed E-state index contributed by atoms with van der Waals surface area (Å²) >= 11 is 5.53. The predicted molar refractivity (Wildman–Crippen MR) is 46.7 cm³/mol. The summed E-state index contributed by atoms with van der Waals surface area (Å²) in [5.41, 5.74) is -0.210. The topological polar surface area (TPSA) is 17.1 Å². The Morgan fingerprint density at radius 3 is 2.00 bits per heavy atom. The Bertz CT molecular complexity index is 146. The highest BCUT2D eigenvalue weighted by molar-refractivity contribution is 6.64. The second-order valence-corrected chi connectivity index (χ2v) is 4.09. The predicted octanol–water partition coefficient (Wildman–Crippen LogP) is 3.11. The fraction of sp³-hybridized carbons (Fsp3) is 0.889. The lowest BCUT2D eigenvalue weighted by Gasteiger charge is -2.22. The van der Waals surface area contributed by atoms with E-state index in [2.05, 4.69) is 0 Å². The molecule has 0 aromatic carbocycles. The van der Waals surface area contributed by atoms with Gasteiger partial charge in [0.05, 0.1) is 0 Å². The fourth-order valence-corrected chi connectivity index (χ4v) is 1.89. The highest BCUT2D eigenvalue weighted by Gasteiger charge is 2.31. The Labute approximate surface area is 73.1 Å². The summed E-state index contributed by atoms with van der Waals surface area (Å²) in [7, 11) is 0. The molecule has 1 nitrogen and oxygen atoms in total. The monoisotopic (exact) mass is 174 g/mol. The van der Waals surface area contributed by atoms with E-state index in [1.165, 1.54) is 12.8 Å². The van der Waals surface area contributed by atoms with Crippen molar-refractivity contribution in [2.24, 2.45) is 5.41 Å². The Morgan fingerprint density at radius 2 is 1.64 bits per heavy atom. The molecule has 1 rings (SSSR count). The Hall–Kier alpha value is -0.0400. The summed E-state index contributed by atoms with van der Waals surface area (Å²) in [6, 6.07) is 0. The largest absolute Gasteiger partial charge is 0.281 e. The second kappa shape index (κ2) is 3.57. The van der Waals surface area contributed by atoms with Crippen LogP contribution in [0.5, 0.6) is 0 Å². The van der Waals surface area contributed by atoms with Crippen molar-refractivity contribution in [3.05, 3.63) is 0 Å². The van der Waals surface area contributed by atoms with Gasteiger partial charge < -0.3 is 0 Å². The van der Waals surface area contributed by atoms with Gasteiger partial charge in [-0.1, -0.05) is 32.6 Å². The molecule has 0 N–H and O–H groups in total. The van der Waals surface area contributed by atoms with Crippen molar-refractivity contribution < 1.29 is 4.79 Å². The number of rotatable bonds is 1. The average molecular weight is 175 g/mol. The number of carbonyl (C=O) groups excluding carboxylic acids is 1. The van der Waals surface area contributed by atoms with E-state index in [4.69, 9.17) is 11.6 Å². The summed E-state index contributed by atoms with van der Waals surface area (Å²) in [6.45, 7) is 1.99. The molecule has 64 valence electrons. The van der Waals surface area contributed by atoms with E-state index >= 15 is 0 Å². The zero-order valence-electron chi connectivity index (χ0n) is 7.03. The summed E-state index contributed by atoms with van der Waals surface area (Å²) in [4.78, 5) is 11.0. The minimum atomic E-state index is -0.210. The van der Waals surface area contributed by atoms with Crippen LogP contribution in [0, 0.1) is 5.41 Å². The smallest absolute Gasteiger partial charge is 0.227 e. The molecular weight excluding hydrogens is 160 g/mol. The SMILES string of the molecule is CC1(C(=O)Cl)CCCCCC1. The van der Waals surface area contributed by atoms with Gasteiger partial charge in [0.2, 0.25) is 5.24 Å². The van der Waals surface area contributed by atoms with Gasteiger partial charge in [-0.15, -0.1) is 0 Å². The number of carbonyl (C=O) groups is 1. The third-order valence-electron chi connectivity index (χ3n) is 2.68. The van der Waals surface area contributed by atoms with Gasteiger partial charge in [-0.3, -0.25) is 4.79 Å². The van der Waals surface area contributed by atoms with Crippen LogP contribution in [-0.4, -0.2) is 5.24 Å². The molecule has 0 saturated heterocycles. The zero-order chi connectivity index (χ0) is 8.32. The molecule has 0 aromatic heterocycles. The van der Waals surface area contributed by atoms with Crippen LogP contribution >= 0.6 is 11.6 Å². The molecule has 1 saturated carbocycles. The van der Waals surface area contributed by atoms with Crippen molar-refractivity contribution >= 4 is 16.8 Å². The summed E-state index contributed by atoms with van der Waals surface area (Å²) in [5, 5.41) is -0.139. The number of halogens is 1. The number of hydrogen-bond donors (Lipinski definition) is 0. The number of hydrogen-bond acceptors (Lipinski definition) is 1. The van der Waals surface area contributed by atoms with Gasteiger partial charge in [0.15, 0.2) is 0 Å². The van der Waals surface area contributed by atoms with Gasteiger partial charge in [-0.25, -0.2) is 0 Å². The van der Waals surface area contributed by atoms with Gasteiger partial charge in [0.1, 0.15) is 0 Å². The maximum atomic E-state index is 11.0. The van der Waals surface area contributed by atoms with E-state index in [9.17, 15) is 4.79 Å². The van der Waals surface area contributed by atoms with Crippen molar-refractivity contribution in [3.63, 3.8) is 0 Å². The quantitative estimate of drug-likeness (QED) is 0.441. The van der Waals surface area contributed by atoms with Gasteiger partial charge >= 0.3 is 0 Å². The molecule has 0 atom stereocenters. The zero-order valence-corrected chi connectivity index (χ0v) is 7.78. The molecule has 0 aromatic rings. The van der Waals surface area contributed by atoms with Crippen LogP contribution in [0.3, 0.4) is 0 Å². The first-order valence-corrected chi connectivity index (χ1v) is 4.73. The highest BCUT2D eigenvalue weighted by Crippen LogP contribution is 2.36. The third kappa shape index (κ3) is 2.19. The van der Waals surface area contributed by atoms with Crippen LogP contribution < -0.4 is 0 Å². The van der Waals surface area contributed by atoms with E-state index in [1.54, 1.807) is 0 Å². The molecule has 11 heavy (non-hydrogen) atoms. The van der Waals surface area contributed by atoms with Crippen LogP contribution in [0.2, 0.25) is 0 Å². The second-order valence-electron chi connectivity index (χ2n) is 3.75. The van der Waals surface area contributed by atoms with Gasteiger partial charge in [0.25, 0.3) is 0 Å². The lowest BCUT2D eigenvalue weighted by molar-refractivity contribution is -0.120. The third-order valence-corrected chi connectivity index (χ3v) is 3.14. The maximum Gasteiger partial charge on any atom is 0.227 e. The molecule has 1 aliphatic rings. The lowest BCUT2D eigenvalue weighted by Crippen LogP contribution is -2.22. The molecule has 0 unspecified atom stereocenters. The van der Waals surface area contributed by atoms with Crippen molar-refractivity contribution in [3.8, 4) is 0 Å². The molecule has 2 heteroatoms. The highest BCUT2D eigenvalue weighted by atomic mass is 35.5. The van der Waals surface area contributed by atoms with Gasteiger partial charge in [0, 0.05) is 5.41 Å². The minimum absolute atomic E-state index is 0.139. The normalized spacial score (nSPS) is 24.2. The van der Waals surface area contributed by atoms with Gasteiger partial charge in [-0.05, 0) is 24.4 Å². The first-order chi connectivity index (χ1) is 5.15. The van der Waals surface area contributed by atoms with E-state index < -0.39 is 0 Å². The minimum Gasteiger partial charge on any atom is -0.281 e. The molecular formula is C9H15ClO. The Morgan fingerprint density at radius 1 is 1.18 bits per heavy atom. The maximum absolute atomic E-state index is 11.0. The van der Waals surface area contributed by atoms with Crippen LogP contribution in [0.4, 0.5) is 0 Å². The van der Waals surface area contributed by atoms with Crippen LogP contribution in [-0.2, 0) is 4.79 Å². The molecule has 0 spiro atoms. The van der Waals surface area contributed by atoms with Crippen molar-refractivity contribution in [1.82, 2.24) is 0 Å². The van der Waals surface area contributed by atoms with E-state index in [-0.39, 0.29) is 10.7 Å². The van der Waals surface area contributed by atoms with E-state index in [0.29, 0.717) is 0 Å².